The largest absolute Gasteiger partial charge is 0.400 e. The Hall–Kier alpha value is -0.170. The summed E-state index contributed by atoms with van der Waals surface area (Å²) >= 11 is 0. The molecule has 0 spiro atoms. The van der Waals surface area contributed by atoms with Crippen LogP contribution in [-0.4, -0.2) is 53.8 Å². The molecule has 0 fully saturated rings. The standard InChI is InChI=1S/C7H18NO4S/c1-7(6-8(2,3)4)12-13(9,10)11-5/h7H,6H2,1-5H3/q+1. The third kappa shape index (κ3) is 6.94. The van der Waals surface area contributed by atoms with Crippen molar-refractivity contribution in [2.24, 2.45) is 0 Å². The molecule has 0 saturated carbocycles. The van der Waals surface area contributed by atoms with Gasteiger partial charge in [-0.1, -0.05) is 0 Å². The lowest BCUT2D eigenvalue weighted by molar-refractivity contribution is -0.873. The first-order valence-electron chi connectivity index (χ1n) is 3.95. The highest BCUT2D eigenvalue weighted by Gasteiger charge is 2.20. The Balaban J connectivity index is 4.10. The van der Waals surface area contributed by atoms with Crippen molar-refractivity contribution >= 4 is 10.4 Å². The summed E-state index contributed by atoms with van der Waals surface area (Å²) in [5.41, 5.74) is 0. The lowest BCUT2D eigenvalue weighted by Crippen LogP contribution is -2.41. The Labute approximate surface area is 80.2 Å². The number of quaternary nitrogens is 1. The van der Waals surface area contributed by atoms with Crippen molar-refractivity contribution in [3.63, 3.8) is 0 Å². The van der Waals surface area contributed by atoms with Crippen LogP contribution in [0.1, 0.15) is 6.92 Å². The average molecular weight is 212 g/mol. The van der Waals surface area contributed by atoms with Crippen LogP contribution in [0, 0.1) is 0 Å². The summed E-state index contributed by atoms with van der Waals surface area (Å²) in [5.74, 6) is 0. The van der Waals surface area contributed by atoms with Crippen molar-refractivity contribution in [2.75, 3.05) is 34.8 Å². The molecule has 0 rings (SSSR count). The normalized spacial score (nSPS) is 15.8. The zero-order chi connectivity index (χ0) is 10.7. The molecule has 0 radical (unpaired) electrons. The highest BCUT2D eigenvalue weighted by Crippen LogP contribution is 2.04. The number of rotatable bonds is 5. The fraction of sp³-hybridized carbons (Fsp3) is 1.00. The molecule has 1 unspecified atom stereocenters. The molecule has 0 saturated heterocycles. The molecule has 5 nitrogen and oxygen atoms in total. The van der Waals surface area contributed by atoms with Gasteiger partial charge in [-0.15, -0.1) is 0 Å². The molecule has 6 heteroatoms. The summed E-state index contributed by atoms with van der Waals surface area (Å²) in [5, 5.41) is 0. The summed E-state index contributed by atoms with van der Waals surface area (Å²) in [6.07, 6.45) is -0.384. The Kier molecular flexibility index (Phi) is 4.31. The second-order valence-electron chi connectivity index (χ2n) is 3.95. The van der Waals surface area contributed by atoms with Crippen LogP contribution in [0.5, 0.6) is 0 Å². The summed E-state index contributed by atoms with van der Waals surface area (Å²) in [6, 6.07) is 0. The first-order chi connectivity index (χ1) is 5.66. The first-order valence-corrected chi connectivity index (χ1v) is 5.29. The van der Waals surface area contributed by atoms with E-state index in [0.717, 1.165) is 7.11 Å². The van der Waals surface area contributed by atoms with Crippen LogP contribution in [0.25, 0.3) is 0 Å². The van der Waals surface area contributed by atoms with Gasteiger partial charge >= 0.3 is 10.4 Å². The Morgan fingerprint density at radius 3 is 2.08 bits per heavy atom. The van der Waals surface area contributed by atoms with E-state index in [4.69, 9.17) is 4.18 Å². The predicted octanol–water partition coefficient (Wildman–Crippen LogP) is -0.0111. The van der Waals surface area contributed by atoms with Gasteiger partial charge < -0.3 is 4.48 Å². The van der Waals surface area contributed by atoms with E-state index in [1.165, 1.54) is 0 Å². The van der Waals surface area contributed by atoms with Gasteiger partial charge in [-0.2, -0.15) is 8.42 Å². The lowest BCUT2D eigenvalue weighted by atomic mass is 10.3. The van der Waals surface area contributed by atoms with E-state index in [9.17, 15) is 8.42 Å². The van der Waals surface area contributed by atoms with Crippen molar-refractivity contribution in [3.8, 4) is 0 Å². The summed E-state index contributed by atoms with van der Waals surface area (Å²) < 4.78 is 31.2. The van der Waals surface area contributed by atoms with Crippen molar-refractivity contribution in [1.29, 1.82) is 0 Å². The average Bonchev–Trinajstić information content (AvgIpc) is 1.81. The van der Waals surface area contributed by atoms with Gasteiger partial charge in [0, 0.05) is 0 Å². The third-order valence-electron chi connectivity index (χ3n) is 1.29. The van der Waals surface area contributed by atoms with Crippen LogP contribution >= 0.6 is 0 Å². The minimum atomic E-state index is -3.80. The molecule has 0 N–H and O–H groups in total. The molecule has 0 aromatic rings. The van der Waals surface area contributed by atoms with Crippen LogP contribution in [0.2, 0.25) is 0 Å². The van der Waals surface area contributed by atoms with Crippen molar-refractivity contribution in [3.05, 3.63) is 0 Å². The van der Waals surface area contributed by atoms with E-state index in [-0.39, 0.29) is 6.10 Å². The molecule has 0 aliphatic heterocycles. The second kappa shape index (κ2) is 4.36. The highest BCUT2D eigenvalue weighted by molar-refractivity contribution is 7.81. The maximum atomic E-state index is 10.8. The SMILES string of the molecule is COS(=O)(=O)OC(C)C[N+](C)(C)C. The zero-order valence-corrected chi connectivity index (χ0v) is 9.59. The Morgan fingerprint density at radius 2 is 1.77 bits per heavy atom. The van der Waals surface area contributed by atoms with Gasteiger partial charge in [-0.05, 0) is 6.92 Å². The van der Waals surface area contributed by atoms with E-state index in [1.807, 2.05) is 21.1 Å². The van der Waals surface area contributed by atoms with Crippen LogP contribution < -0.4 is 0 Å². The summed E-state index contributed by atoms with van der Waals surface area (Å²) in [6.45, 7) is 2.29. The molecule has 13 heavy (non-hydrogen) atoms. The summed E-state index contributed by atoms with van der Waals surface area (Å²) in [7, 11) is 3.15. The zero-order valence-electron chi connectivity index (χ0n) is 8.77. The Morgan fingerprint density at radius 1 is 1.31 bits per heavy atom. The number of nitrogens with zero attached hydrogens (tertiary/aromatic N) is 1. The molecule has 0 bridgehead atoms. The molecule has 0 aromatic heterocycles. The highest BCUT2D eigenvalue weighted by atomic mass is 32.3. The van der Waals surface area contributed by atoms with Gasteiger partial charge in [-0.3, -0.25) is 4.18 Å². The molecule has 0 amide bonds. The predicted molar refractivity (Wildman–Crippen MR) is 49.4 cm³/mol. The lowest BCUT2D eigenvalue weighted by Gasteiger charge is -2.26. The molecule has 0 aromatic carbocycles. The maximum absolute atomic E-state index is 10.8. The van der Waals surface area contributed by atoms with Gasteiger partial charge in [0.2, 0.25) is 0 Å². The minimum Gasteiger partial charge on any atom is -0.329 e. The molecule has 0 aliphatic carbocycles. The first kappa shape index (κ1) is 12.8. The van der Waals surface area contributed by atoms with Gasteiger partial charge in [-0.25, -0.2) is 4.18 Å². The third-order valence-corrected chi connectivity index (χ3v) is 2.26. The molecule has 1 atom stereocenters. The maximum Gasteiger partial charge on any atom is 0.400 e. The van der Waals surface area contributed by atoms with Crippen molar-refractivity contribution in [2.45, 2.75) is 13.0 Å². The van der Waals surface area contributed by atoms with Gasteiger partial charge in [0.25, 0.3) is 0 Å². The van der Waals surface area contributed by atoms with Gasteiger partial charge in [0.05, 0.1) is 28.3 Å². The summed E-state index contributed by atoms with van der Waals surface area (Å²) in [4.78, 5) is 0. The van der Waals surface area contributed by atoms with Gasteiger partial charge in [0.1, 0.15) is 12.6 Å². The van der Waals surface area contributed by atoms with E-state index in [0.29, 0.717) is 11.0 Å². The number of likely N-dealkylation sites (N-methyl/N-ethyl adjacent to an activating group) is 1. The quantitative estimate of drug-likeness (QED) is 0.601. The van der Waals surface area contributed by atoms with Crippen molar-refractivity contribution < 1.29 is 21.3 Å². The Bertz CT molecular complexity index is 242. The topological polar surface area (TPSA) is 52.6 Å². The van der Waals surface area contributed by atoms with E-state index in [2.05, 4.69) is 4.18 Å². The molecule has 0 aliphatic rings. The fourth-order valence-corrected chi connectivity index (χ4v) is 1.58. The van der Waals surface area contributed by atoms with Crippen LogP contribution in [0.3, 0.4) is 0 Å². The van der Waals surface area contributed by atoms with E-state index < -0.39 is 10.4 Å². The van der Waals surface area contributed by atoms with Crippen LogP contribution in [0.15, 0.2) is 0 Å². The smallest absolute Gasteiger partial charge is 0.329 e. The van der Waals surface area contributed by atoms with Crippen molar-refractivity contribution in [1.82, 2.24) is 0 Å². The molecule has 80 valence electrons. The molecular weight excluding hydrogens is 194 g/mol. The monoisotopic (exact) mass is 212 g/mol. The van der Waals surface area contributed by atoms with Crippen LogP contribution in [-0.2, 0) is 18.8 Å². The fourth-order valence-electron chi connectivity index (χ4n) is 1.04. The minimum absolute atomic E-state index is 0.384. The van der Waals surface area contributed by atoms with Crippen LogP contribution in [0.4, 0.5) is 0 Å². The van der Waals surface area contributed by atoms with E-state index >= 15 is 0 Å². The number of hydrogen-bond acceptors (Lipinski definition) is 4. The van der Waals surface area contributed by atoms with Gasteiger partial charge in [0.15, 0.2) is 0 Å². The van der Waals surface area contributed by atoms with E-state index in [1.54, 1.807) is 6.92 Å². The number of hydrogen-bond donors (Lipinski definition) is 0. The molecular formula is C7H18NO4S+. The second-order valence-corrected chi connectivity index (χ2v) is 5.30. The molecule has 0 heterocycles.